The van der Waals surface area contributed by atoms with Crippen LogP contribution in [-0.4, -0.2) is 29.8 Å². The van der Waals surface area contributed by atoms with Crippen molar-refractivity contribution in [1.29, 1.82) is 0 Å². The van der Waals surface area contributed by atoms with Gasteiger partial charge in [0, 0.05) is 24.9 Å². The van der Waals surface area contributed by atoms with Gasteiger partial charge in [-0.05, 0) is 31.7 Å². The Labute approximate surface area is 78.8 Å². The molecule has 1 unspecified atom stereocenters. The maximum absolute atomic E-state index is 9.49. The van der Waals surface area contributed by atoms with Gasteiger partial charge in [-0.25, -0.2) is 0 Å². The lowest BCUT2D eigenvalue weighted by Gasteiger charge is -2.08. The summed E-state index contributed by atoms with van der Waals surface area (Å²) in [5.41, 5.74) is 2.13. The molecule has 13 heavy (non-hydrogen) atoms. The molecule has 0 bridgehead atoms. The fraction of sp³-hybridized carbons (Fsp3) is 0.500. The van der Waals surface area contributed by atoms with Crippen molar-refractivity contribution in [3.05, 3.63) is 29.6 Å². The van der Waals surface area contributed by atoms with Crippen molar-refractivity contribution in [2.24, 2.45) is 0 Å². The van der Waals surface area contributed by atoms with Crippen LogP contribution in [0.25, 0.3) is 0 Å². The van der Waals surface area contributed by atoms with Crippen LogP contribution in [-0.2, 0) is 6.42 Å². The monoisotopic (exact) mass is 180 g/mol. The van der Waals surface area contributed by atoms with Gasteiger partial charge in [0.2, 0.25) is 0 Å². The van der Waals surface area contributed by atoms with E-state index >= 15 is 0 Å². The average Bonchev–Trinajstić information content (AvgIpc) is 2.04. The molecule has 72 valence electrons. The number of hydrogen-bond donors (Lipinski definition) is 2. The summed E-state index contributed by atoms with van der Waals surface area (Å²) in [6.07, 6.45) is 2.04. The number of hydrogen-bond acceptors (Lipinski definition) is 3. The minimum Gasteiger partial charge on any atom is -0.391 e. The van der Waals surface area contributed by atoms with Gasteiger partial charge in [-0.15, -0.1) is 0 Å². The first-order valence-electron chi connectivity index (χ1n) is 4.46. The Morgan fingerprint density at radius 2 is 2.38 bits per heavy atom. The van der Waals surface area contributed by atoms with Gasteiger partial charge in [0.1, 0.15) is 0 Å². The summed E-state index contributed by atoms with van der Waals surface area (Å²) in [5.74, 6) is 0. The normalized spacial score (nSPS) is 12.8. The Kier molecular flexibility index (Phi) is 3.86. The minimum absolute atomic E-state index is 0.348. The number of nitrogens with zero attached hydrogens (tertiary/aromatic N) is 1. The number of aryl methyl sites for hydroxylation is 1. The molecule has 0 aliphatic heterocycles. The van der Waals surface area contributed by atoms with Crippen LogP contribution in [0.4, 0.5) is 0 Å². The lowest BCUT2D eigenvalue weighted by atomic mass is 10.1. The predicted octanol–water partition coefficient (Wildman–Crippen LogP) is 0.513. The molecule has 3 heteroatoms. The van der Waals surface area contributed by atoms with Crippen LogP contribution in [0, 0.1) is 6.92 Å². The zero-order valence-electron chi connectivity index (χ0n) is 8.12. The van der Waals surface area contributed by atoms with Gasteiger partial charge in [-0.2, -0.15) is 0 Å². The maximum atomic E-state index is 9.49. The highest BCUT2D eigenvalue weighted by molar-refractivity contribution is 5.14. The van der Waals surface area contributed by atoms with Crippen molar-refractivity contribution in [3.63, 3.8) is 0 Å². The number of aliphatic hydroxyl groups is 1. The topological polar surface area (TPSA) is 45.1 Å². The second kappa shape index (κ2) is 4.94. The molecule has 1 aromatic heterocycles. The van der Waals surface area contributed by atoms with Crippen LogP contribution in [0.1, 0.15) is 11.3 Å². The van der Waals surface area contributed by atoms with Gasteiger partial charge < -0.3 is 10.4 Å². The summed E-state index contributed by atoms with van der Waals surface area (Å²) in [6.45, 7) is 2.63. The minimum atomic E-state index is -0.348. The van der Waals surface area contributed by atoms with Crippen molar-refractivity contribution in [2.75, 3.05) is 13.6 Å². The van der Waals surface area contributed by atoms with Crippen LogP contribution in [0.15, 0.2) is 18.3 Å². The van der Waals surface area contributed by atoms with E-state index in [4.69, 9.17) is 0 Å². The molecule has 0 aliphatic rings. The van der Waals surface area contributed by atoms with E-state index in [1.54, 1.807) is 6.20 Å². The van der Waals surface area contributed by atoms with Crippen LogP contribution in [0.2, 0.25) is 0 Å². The fourth-order valence-electron chi connectivity index (χ4n) is 1.26. The van der Waals surface area contributed by atoms with Gasteiger partial charge in [-0.1, -0.05) is 0 Å². The molecule has 0 saturated heterocycles. The predicted molar refractivity (Wildman–Crippen MR) is 52.6 cm³/mol. The van der Waals surface area contributed by atoms with E-state index < -0.39 is 0 Å². The van der Waals surface area contributed by atoms with Crippen molar-refractivity contribution < 1.29 is 5.11 Å². The molecular formula is C10H16N2O. The Morgan fingerprint density at radius 3 is 3.00 bits per heavy atom. The van der Waals surface area contributed by atoms with E-state index in [1.807, 2.05) is 26.1 Å². The molecule has 0 aliphatic carbocycles. The van der Waals surface area contributed by atoms with Gasteiger partial charge in [-0.3, -0.25) is 4.98 Å². The maximum Gasteiger partial charge on any atom is 0.0719 e. The Bertz CT molecular complexity index is 263. The standard InChI is InChI=1S/C10H16N2O/c1-8-3-4-12-9(5-8)6-10(13)7-11-2/h3-5,10-11,13H,6-7H2,1-2H3. The third kappa shape index (κ3) is 3.53. The molecule has 0 amide bonds. The number of aliphatic hydroxyl groups excluding tert-OH is 1. The van der Waals surface area contributed by atoms with E-state index in [2.05, 4.69) is 10.3 Å². The lowest BCUT2D eigenvalue weighted by Crippen LogP contribution is -2.25. The van der Waals surface area contributed by atoms with Crippen molar-refractivity contribution in [1.82, 2.24) is 10.3 Å². The number of nitrogens with one attached hydrogen (secondary N) is 1. The van der Waals surface area contributed by atoms with Crippen LogP contribution in [0.5, 0.6) is 0 Å². The average molecular weight is 180 g/mol. The first kappa shape index (κ1) is 10.2. The quantitative estimate of drug-likeness (QED) is 0.709. The summed E-state index contributed by atoms with van der Waals surface area (Å²) in [5, 5.41) is 12.4. The summed E-state index contributed by atoms with van der Waals surface area (Å²) in [4.78, 5) is 4.17. The van der Waals surface area contributed by atoms with E-state index in [-0.39, 0.29) is 6.10 Å². The highest BCUT2D eigenvalue weighted by atomic mass is 16.3. The molecule has 1 heterocycles. The smallest absolute Gasteiger partial charge is 0.0719 e. The second-order valence-electron chi connectivity index (χ2n) is 3.24. The molecular weight excluding hydrogens is 164 g/mol. The summed E-state index contributed by atoms with van der Waals surface area (Å²) in [7, 11) is 1.83. The molecule has 0 saturated carbocycles. The summed E-state index contributed by atoms with van der Waals surface area (Å²) >= 11 is 0. The van der Waals surface area contributed by atoms with Crippen molar-refractivity contribution in [2.45, 2.75) is 19.4 Å². The van der Waals surface area contributed by atoms with Crippen molar-refractivity contribution >= 4 is 0 Å². The Hall–Kier alpha value is -0.930. The molecule has 0 fully saturated rings. The molecule has 2 N–H and O–H groups in total. The highest BCUT2D eigenvalue weighted by Crippen LogP contribution is 2.02. The van der Waals surface area contributed by atoms with Gasteiger partial charge in [0.15, 0.2) is 0 Å². The van der Waals surface area contributed by atoms with E-state index in [9.17, 15) is 5.11 Å². The summed E-state index contributed by atoms with van der Waals surface area (Å²) < 4.78 is 0. The van der Waals surface area contributed by atoms with Gasteiger partial charge in [0.05, 0.1) is 6.10 Å². The van der Waals surface area contributed by atoms with E-state index in [0.29, 0.717) is 13.0 Å². The summed E-state index contributed by atoms with van der Waals surface area (Å²) in [6, 6.07) is 3.95. The second-order valence-corrected chi connectivity index (χ2v) is 3.24. The number of likely N-dealkylation sites (N-methyl/N-ethyl adjacent to an activating group) is 1. The third-order valence-electron chi connectivity index (χ3n) is 1.86. The zero-order valence-corrected chi connectivity index (χ0v) is 8.12. The van der Waals surface area contributed by atoms with Crippen LogP contribution < -0.4 is 5.32 Å². The lowest BCUT2D eigenvalue weighted by molar-refractivity contribution is 0.173. The molecule has 1 rings (SSSR count). The molecule has 1 atom stereocenters. The van der Waals surface area contributed by atoms with Gasteiger partial charge >= 0.3 is 0 Å². The fourth-order valence-corrected chi connectivity index (χ4v) is 1.26. The largest absolute Gasteiger partial charge is 0.391 e. The Balaban J connectivity index is 2.53. The highest BCUT2D eigenvalue weighted by Gasteiger charge is 2.04. The number of pyridine rings is 1. The van der Waals surface area contributed by atoms with Crippen LogP contribution in [0.3, 0.4) is 0 Å². The molecule has 0 radical (unpaired) electrons. The Morgan fingerprint density at radius 1 is 1.62 bits per heavy atom. The third-order valence-corrected chi connectivity index (χ3v) is 1.86. The molecule has 0 spiro atoms. The van der Waals surface area contributed by atoms with Crippen molar-refractivity contribution in [3.8, 4) is 0 Å². The first-order valence-corrected chi connectivity index (χ1v) is 4.46. The van der Waals surface area contributed by atoms with E-state index in [1.165, 1.54) is 5.56 Å². The molecule has 1 aromatic rings. The zero-order chi connectivity index (χ0) is 9.68. The van der Waals surface area contributed by atoms with Gasteiger partial charge in [0.25, 0.3) is 0 Å². The first-order chi connectivity index (χ1) is 6.22. The number of aromatic nitrogens is 1. The SMILES string of the molecule is CNCC(O)Cc1cc(C)ccn1. The molecule has 3 nitrogen and oxygen atoms in total. The molecule has 0 aromatic carbocycles. The van der Waals surface area contributed by atoms with E-state index in [0.717, 1.165) is 5.69 Å². The van der Waals surface area contributed by atoms with Crippen LogP contribution >= 0.6 is 0 Å². The number of rotatable bonds is 4.